The Morgan fingerprint density at radius 2 is 2.29 bits per heavy atom. The van der Waals surface area contributed by atoms with Gasteiger partial charge in [0, 0.05) is 25.5 Å². The van der Waals surface area contributed by atoms with E-state index in [-0.39, 0.29) is 12.7 Å². The fraction of sp³-hybridized carbons (Fsp3) is 0.636. The van der Waals surface area contributed by atoms with Crippen LogP contribution in [0, 0.1) is 5.92 Å². The fourth-order valence-corrected chi connectivity index (χ4v) is 1.71. The predicted molar refractivity (Wildman–Crippen MR) is 53.8 cm³/mol. The summed E-state index contributed by atoms with van der Waals surface area (Å²) < 4.78 is 2.02. The summed E-state index contributed by atoms with van der Waals surface area (Å²) in [7, 11) is 0. The molecule has 3 nitrogen and oxygen atoms in total. The molecule has 0 bridgehead atoms. The first-order valence-electron chi connectivity index (χ1n) is 5.26. The summed E-state index contributed by atoms with van der Waals surface area (Å²) in [6, 6.07) is 1.97. The minimum absolute atomic E-state index is 0.221. The molecule has 1 fully saturated rings. The van der Waals surface area contributed by atoms with Gasteiger partial charge < -0.3 is 14.8 Å². The smallest absolute Gasteiger partial charge is 0.0832 e. The van der Waals surface area contributed by atoms with E-state index >= 15 is 0 Å². The molecule has 0 spiro atoms. The van der Waals surface area contributed by atoms with Crippen molar-refractivity contribution in [2.75, 3.05) is 6.61 Å². The molecule has 1 aliphatic carbocycles. The lowest BCUT2D eigenvalue weighted by Crippen LogP contribution is -1.99. The van der Waals surface area contributed by atoms with E-state index in [9.17, 15) is 5.11 Å². The number of hydrogen-bond acceptors (Lipinski definition) is 2. The molecule has 0 radical (unpaired) electrons. The van der Waals surface area contributed by atoms with E-state index in [0.717, 1.165) is 31.4 Å². The molecule has 14 heavy (non-hydrogen) atoms. The van der Waals surface area contributed by atoms with Crippen LogP contribution in [-0.4, -0.2) is 21.4 Å². The Bertz CT molecular complexity index is 291. The zero-order chi connectivity index (χ0) is 9.97. The first-order chi connectivity index (χ1) is 6.81. The molecule has 1 heterocycles. The molecule has 1 aromatic rings. The number of aryl methyl sites for hydroxylation is 1. The number of rotatable bonds is 5. The van der Waals surface area contributed by atoms with E-state index in [1.54, 1.807) is 0 Å². The van der Waals surface area contributed by atoms with Gasteiger partial charge in [0.15, 0.2) is 0 Å². The third kappa shape index (κ3) is 2.16. The van der Waals surface area contributed by atoms with Crippen LogP contribution in [0.2, 0.25) is 0 Å². The Morgan fingerprint density at radius 3 is 2.93 bits per heavy atom. The van der Waals surface area contributed by atoms with E-state index < -0.39 is 0 Å². The molecule has 0 aliphatic heterocycles. The van der Waals surface area contributed by atoms with Crippen molar-refractivity contribution in [3.63, 3.8) is 0 Å². The molecule has 1 aromatic heterocycles. The van der Waals surface area contributed by atoms with Gasteiger partial charge in [-0.05, 0) is 36.8 Å². The van der Waals surface area contributed by atoms with Gasteiger partial charge in [-0.1, -0.05) is 0 Å². The van der Waals surface area contributed by atoms with Crippen molar-refractivity contribution in [2.24, 2.45) is 5.92 Å². The van der Waals surface area contributed by atoms with Crippen molar-refractivity contribution in [3.8, 4) is 0 Å². The normalized spacial score (nSPS) is 18.4. The summed E-state index contributed by atoms with van der Waals surface area (Å²) >= 11 is 0. The second-order valence-electron chi connectivity index (χ2n) is 4.04. The maximum Gasteiger partial charge on any atom is 0.0832 e. The molecule has 3 heteroatoms. The van der Waals surface area contributed by atoms with Gasteiger partial charge in [-0.2, -0.15) is 0 Å². The SMILES string of the molecule is OCCCn1ccc(C(O)C2CC2)c1. The number of hydrogen-bond donors (Lipinski definition) is 2. The summed E-state index contributed by atoms with van der Waals surface area (Å²) in [5.74, 6) is 0.490. The number of aliphatic hydroxyl groups excluding tert-OH is 2. The minimum Gasteiger partial charge on any atom is -0.396 e. The van der Waals surface area contributed by atoms with Crippen LogP contribution in [0.4, 0.5) is 0 Å². The second-order valence-corrected chi connectivity index (χ2v) is 4.04. The van der Waals surface area contributed by atoms with Gasteiger partial charge in [0.2, 0.25) is 0 Å². The average molecular weight is 195 g/mol. The van der Waals surface area contributed by atoms with Gasteiger partial charge in [-0.3, -0.25) is 0 Å². The molecule has 1 atom stereocenters. The van der Waals surface area contributed by atoms with Crippen molar-refractivity contribution in [1.29, 1.82) is 0 Å². The lowest BCUT2D eigenvalue weighted by molar-refractivity contribution is 0.154. The summed E-state index contributed by atoms with van der Waals surface area (Å²) in [5, 5.41) is 18.5. The van der Waals surface area contributed by atoms with Crippen molar-refractivity contribution >= 4 is 0 Å². The van der Waals surface area contributed by atoms with Crippen LogP contribution in [0.15, 0.2) is 18.5 Å². The maximum atomic E-state index is 9.84. The number of nitrogens with zero attached hydrogens (tertiary/aromatic N) is 1. The van der Waals surface area contributed by atoms with E-state index in [4.69, 9.17) is 5.11 Å². The maximum absolute atomic E-state index is 9.84. The highest BCUT2D eigenvalue weighted by Crippen LogP contribution is 2.40. The Hall–Kier alpha value is -0.800. The van der Waals surface area contributed by atoms with Crippen LogP contribution in [0.1, 0.15) is 30.9 Å². The molecule has 1 unspecified atom stereocenters. The number of aromatic nitrogens is 1. The van der Waals surface area contributed by atoms with Crippen molar-refractivity contribution in [3.05, 3.63) is 24.0 Å². The second kappa shape index (κ2) is 4.15. The average Bonchev–Trinajstić information content (AvgIpc) is 2.94. The molecule has 78 valence electrons. The Kier molecular flexibility index (Phi) is 2.89. The first-order valence-corrected chi connectivity index (χ1v) is 5.26. The van der Waals surface area contributed by atoms with Crippen LogP contribution in [0.25, 0.3) is 0 Å². The highest BCUT2D eigenvalue weighted by Gasteiger charge is 2.30. The molecule has 2 N–H and O–H groups in total. The zero-order valence-electron chi connectivity index (χ0n) is 8.26. The lowest BCUT2D eigenvalue weighted by Gasteiger charge is -2.05. The van der Waals surface area contributed by atoms with Gasteiger partial charge in [0.05, 0.1) is 6.10 Å². The molecular weight excluding hydrogens is 178 g/mol. The highest BCUT2D eigenvalue weighted by atomic mass is 16.3. The van der Waals surface area contributed by atoms with Crippen LogP contribution >= 0.6 is 0 Å². The van der Waals surface area contributed by atoms with Crippen molar-refractivity contribution < 1.29 is 10.2 Å². The lowest BCUT2D eigenvalue weighted by atomic mass is 10.1. The Balaban J connectivity index is 1.94. The van der Waals surface area contributed by atoms with Gasteiger partial charge in [0.25, 0.3) is 0 Å². The summed E-state index contributed by atoms with van der Waals surface area (Å²) in [6.07, 6.45) is 6.76. The van der Waals surface area contributed by atoms with Crippen LogP contribution in [0.3, 0.4) is 0 Å². The minimum atomic E-state index is -0.273. The fourth-order valence-electron chi connectivity index (χ4n) is 1.71. The molecule has 1 saturated carbocycles. The Morgan fingerprint density at radius 1 is 1.50 bits per heavy atom. The first kappa shape index (κ1) is 9.74. The van der Waals surface area contributed by atoms with Gasteiger partial charge in [-0.25, -0.2) is 0 Å². The van der Waals surface area contributed by atoms with Crippen LogP contribution in [-0.2, 0) is 6.54 Å². The molecule has 0 amide bonds. The molecular formula is C11H17NO2. The molecule has 0 saturated heterocycles. The molecule has 2 rings (SSSR count). The monoisotopic (exact) mass is 195 g/mol. The largest absolute Gasteiger partial charge is 0.396 e. The van der Waals surface area contributed by atoms with Gasteiger partial charge in [-0.15, -0.1) is 0 Å². The number of aliphatic hydroxyl groups is 2. The summed E-state index contributed by atoms with van der Waals surface area (Å²) in [4.78, 5) is 0. The standard InChI is InChI=1S/C11H17NO2/c13-7-1-5-12-6-4-10(8-12)11(14)9-2-3-9/h4,6,8-9,11,13-14H,1-3,5,7H2. The topological polar surface area (TPSA) is 45.4 Å². The van der Waals surface area contributed by atoms with Crippen molar-refractivity contribution in [2.45, 2.75) is 31.9 Å². The summed E-state index contributed by atoms with van der Waals surface area (Å²) in [5.41, 5.74) is 1.02. The van der Waals surface area contributed by atoms with E-state index in [1.807, 2.05) is 23.0 Å². The Labute approximate surface area is 84.0 Å². The van der Waals surface area contributed by atoms with E-state index in [2.05, 4.69) is 0 Å². The van der Waals surface area contributed by atoms with E-state index in [1.165, 1.54) is 0 Å². The predicted octanol–water partition coefficient (Wildman–Crippen LogP) is 1.31. The summed E-state index contributed by atoms with van der Waals surface area (Å²) in [6.45, 7) is 1.05. The highest BCUT2D eigenvalue weighted by molar-refractivity contribution is 5.15. The van der Waals surface area contributed by atoms with Crippen LogP contribution < -0.4 is 0 Å². The van der Waals surface area contributed by atoms with Crippen LogP contribution in [0.5, 0.6) is 0 Å². The zero-order valence-corrected chi connectivity index (χ0v) is 8.26. The van der Waals surface area contributed by atoms with E-state index in [0.29, 0.717) is 5.92 Å². The third-order valence-corrected chi connectivity index (χ3v) is 2.76. The van der Waals surface area contributed by atoms with Gasteiger partial charge in [0.1, 0.15) is 0 Å². The van der Waals surface area contributed by atoms with Gasteiger partial charge >= 0.3 is 0 Å². The van der Waals surface area contributed by atoms with Crippen molar-refractivity contribution in [1.82, 2.24) is 4.57 Å². The molecule has 0 aromatic carbocycles. The molecule has 1 aliphatic rings. The third-order valence-electron chi connectivity index (χ3n) is 2.76. The quantitative estimate of drug-likeness (QED) is 0.744.